The number of rotatable bonds is 5. The van der Waals surface area contributed by atoms with E-state index in [0.717, 1.165) is 18.9 Å². The van der Waals surface area contributed by atoms with Crippen LogP contribution in [-0.2, 0) is 0 Å². The second kappa shape index (κ2) is 5.66. The van der Waals surface area contributed by atoms with Crippen LogP contribution in [0.3, 0.4) is 0 Å². The van der Waals surface area contributed by atoms with Gasteiger partial charge in [-0.15, -0.1) is 0 Å². The summed E-state index contributed by atoms with van der Waals surface area (Å²) in [5, 5.41) is 3.07. The molecule has 2 rings (SSSR count). The maximum atomic E-state index is 12.2. The Labute approximate surface area is 104 Å². The molecule has 0 unspecified atom stereocenters. The first-order chi connectivity index (χ1) is 8.66. The van der Waals surface area contributed by atoms with Gasteiger partial charge in [0.15, 0.2) is 0 Å². The summed E-state index contributed by atoms with van der Waals surface area (Å²) in [5.74, 6) is 1.42. The highest BCUT2D eigenvalue weighted by Gasteiger charge is 2.12. The van der Waals surface area contributed by atoms with E-state index in [1.54, 1.807) is 19.1 Å². The predicted octanol–water partition coefficient (Wildman–Crippen LogP) is 1.98. The van der Waals surface area contributed by atoms with Crippen molar-refractivity contribution in [2.24, 2.45) is 4.99 Å². The molecule has 0 fully saturated rings. The molecule has 1 heterocycles. The van der Waals surface area contributed by atoms with Gasteiger partial charge in [0.1, 0.15) is 23.9 Å². The van der Waals surface area contributed by atoms with E-state index in [1.165, 1.54) is 6.07 Å². The first kappa shape index (κ1) is 12.6. The highest BCUT2D eigenvalue weighted by molar-refractivity contribution is 5.85. The SMILES string of the molecule is Cc1c(OCC2=NCCN2)cccc1OC(F)F. The van der Waals surface area contributed by atoms with Gasteiger partial charge >= 0.3 is 6.61 Å². The normalized spacial score (nSPS) is 14.3. The van der Waals surface area contributed by atoms with Crippen LogP contribution in [-0.4, -0.2) is 32.1 Å². The van der Waals surface area contributed by atoms with Crippen LogP contribution in [0.15, 0.2) is 23.2 Å². The van der Waals surface area contributed by atoms with Crippen molar-refractivity contribution in [3.8, 4) is 11.5 Å². The third-order valence-electron chi connectivity index (χ3n) is 2.56. The number of aliphatic imine (C=N–C) groups is 1. The minimum atomic E-state index is -2.83. The van der Waals surface area contributed by atoms with Crippen molar-refractivity contribution in [1.82, 2.24) is 5.32 Å². The third-order valence-corrected chi connectivity index (χ3v) is 2.56. The van der Waals surface area contributed by atoms with Crippen molar-refractivity contribution in [3.63, 3.8) is 0 Å². The fraction of sp³-hybridized carbons (Fsp3) is 0.417. The zero-order chi connectivity index (χ0) is 13.0. The number of hydrogen-bond acceptors (Lipinski definition) is 4. The van der Waals surface area contributed by atoms with E-state index < -0.39 is 6.61 Å². The predicted molar refractivity (Wildman–Crippen MR) is 63.6 cm³/mol. The van der Waals surface area contributed by atoms with Gasteiger partial charge in [-0.1, -0.05) is 6.07 Å². The Morgan fingerprint density at radius 2 is 2.17 bits per heavy atom. The topological polar surface area (TPSA) is 42.8 Å². The minimum Gasteiger partial charge on any atom is -0.485 e. The lowest BCUT2D eigenvalue weighted by Gasteiger charge is -2.13. The summed E-state index contributed by atoms with van der Waals surface area (Å²) >= 11 is 0. The molecule has 1 aliphatic rings. The molecule has 98 valence electrons. The molecule has 0 aromatic heterocycles. The smallest absolute Gasteiger partial charge is 0.387 e. The van der Waals surface area contributed by atoms with Crippen molar-refractivity contribution in [2.75, 3.05) is 19.7 Å². The molecule has 4 nitrogen and oxygen atoms in total. The molecule has 1 aromatic rings. The Bertz CT molecular complexity index is 450. The summed E-state index contributed by atoms with van der Waals surface area (Å²) in [5.41, 5.74) is 0.552. The van der Waals surface area contributed by atoms with E-state index in [0.29, 0.717) is 17.9 Å². The number of halogens is 2. The van der Waals surface area contributed by atoms with Crippen molar-refractivity contribution in [3.05, 3.63) is 23.8 Å². The van der Waals surface area contributed by atoms with E-state index >= 15 is 0 Å². The Balaban J connectivity index is 2.03. The Hall–Kier alpha value is -1.85. The van der Waals surface area contributed by atoms with Gasteiger partial charge in [0.2, 0.25) is 0 Å². The Morgan fingerprint density at radius 3 is 2.83 bits per heavy atom. The van der Waals surface area contributed by atoms with Gasteiger partial charge in [0.05, 0.1) is 6.54 Å². The Kier molecular flexibility index (Phi) is 3.96. The highest BCUT2D eigenvalue weighted by Crippen LogP contribution is 2.28. The van der Waals surface area contributed by atoms with E-state index in [9.17, 15) is 8.78 Å². The first-order valence-corrected chi connectivity index (χ1v) is 5.61. The van der Waals surface area contributed by atoms with Crippen LogP contribution in [0.5, 0.6) is 11.5 Å². The second-order valence-corrected chi connectivity index (χ2v) is 3.80. The third kappa shape index (κ3) is 3.09. The van der Waals surface area contributed by atoms with Gasteiger partial charge in [0, 0.05) is 12.1 Å². The molecule has 1 N–H and O–H groups in total. The van der Waals surface area contributed by atoms with Gasteiger partial charge in [-0.05, 0) is 19.1 Å². The highest BCUT2D eigenvalue weighted by atomic mass is 19.3. The molecule has 0 amide bonds. The monoisotopic (exact) mass is 256 g/mol. The van der Waals surface area contributed by atoms with Crippen LogP contribution in [0.1, 0.15) is 5.56 Å². The molecular formula is C12H14F2N2O2. The van der Waals surface area contributed by atoms with Gasteiger partial charge in [0.25, 0.3) is 0 Å². The summed E-state index contributed by atoms with van der Waals surface area (Å²) in [7, 11) is 0. The number of amidine groups is 1. The molecule has 0 saturated heterocycles. The van der Waals surface area contributed by atoms with Crippen LogP contribution in [0.4, 0.5) is 8.78 Å². The number of benzene rings is 1. The summed E-state index contributed by atoms with van der Waals surface area (Å²) in [6, 6.07) is 4.81. The lowest BCUT2D eigenvalue weighted by atomic mass is 10.2. The maximum Gasteiger partial charge on any atom is 0.387 e. The summed E-state index contributed by atoms with van der Waals surface area (Å²) in [6.07, 6.45) is 0. The van der Waals surface area contributed by atoms with Crippen molar-refractivity contribution >= 4 is 5.84 Å². The van der Waals surface area contributed by atoms with Gasteiger partial charge in [-0.25, -0.2) is 0 Å². The average molecular weight is 256 g/mol. The van der Waals surface area contributed by atoms with Gasteiger partial charge in [-0.2, -0.15) is 8.78 Å². The molecule has 0 bridgehead atoms. The summed E-state index contributed by atoms with van der Waals surface area (Å²) in [6.45, 7) is 0.703. The largest absolute Gasteiger partial charge is 0.485 e. The number of ether oxygens (including phenoxy) is 2. The number of alkyl halides is 2. The molecule has 0 saturated carbocycles. The van der Waals surface area contributed by atoms with Crippen molar-refractivity contribution in [2.45, 2.75) is 13.5 Å². The van der Waals surface area contributed by atoms with Crippen LogP contribution in [0.25, 0.3) is 0 Å². The zero-order valence-corrected chi connectivity index (χ0v) is 9.95. The molecule has 0 radical (unpaired) electrons. The molecular weight excluding hydrogens is 242 g/mol. The number of nitrogens with one attached hydrogen (secondary N) is 1. The summed E-state index contributed by atoms with van der Waals surface area (Å²) < 4.78 is 34.3. The van der Waals surface area contributed by atoms with Gasteiger partial charge in [-0.3, -0.25) is 4.99 Å². The molecule has 1 aliphatic heterocycles. The zero-order valence-electron chi connectivity index (χ0n) is 9.95. The molecule has 1 aromatic carbocycles. The molecule has 0 atom stereocenters. The number of nitrogens with zero attached hydrogens (tertiary/aromatic N) is 1. The fourth-order valence-electron chi connectivity index (χ4n) is 1.66. The summed E-state index contributed by atoms with van der Waals surface area (Å²) in [4.78, 5) is 4.18. The molecule has 0 spiro atoms. The van der Waals surface area contributed by atoms with Gasteiger partial charge < -0.3 is 14.8 Å². The van der Waals surface area contributed by atoms with E-state index in [-0.39, 0.29) is 5.75 Å². The van der Waals surface area contributed by atoms with E-state index in [2.05, 4.69) is 15.0 Å². The quantitative estimate of drug-likeness (QED) is 0.876. The lowest BCUT2D eigenvalue weighted by molar-refractivity contribution is -0.0503. The second-order valence-electron chi connectivity index (χ2n) is 3.80. The number of hydrogen-bond donors (Lipinski definition) is 1. The van der Waals surface area contributed by atoms with Crippen molar-refractivity contribution < 1.29 is 18.3 Å². The maximum absolute atomic E-state index is 12.2. The van der Waals surface area contributed by atoms with Crippen molar-refractivity contribution in [1.29, 1.82) is 0 Å². The Morgan fingerprint density at radius 1 is 1.39 bits per heavy atom. The molecule has 18 heavy (non-hydrogen) atoms. The molecule has 6 heteroatoms. The standard InChI is InChI=1S/C12H14F2N2O2/c1-8-9(17-7-11-15-5-6-16-11)3-2-4-10(8)18-12(13)14/h2-4,12H,5-7H2,1H3,(H,15,16). The fourth-order valence-corrected chi connectivity index (χ4v) is 1.66. The molecule has 0 aliphatic carbocycles. The lowest BCUT2D eigenvalue weighted by Crippen LogP contribution is -2.25. The first-order valence-electron chi connectivity index (χ1n) is 5.61. The van der Waals surface area contributed by atoms with Crippen LogP contribution >= 0.6 is 0 Å². The van der Waals surface area contributed by atoms with E-state index in [1.807, 2.05) is 0 Å². The van der Waals surface area contributed by atoms with E-state index in [4.69, 9.17) is 4.74 Å². The van der Waals surface area contributed by atoms with Crippen LogP contribution in [0, 0.1) is 6.92 Å². The van der Waals surface area contributed by atoms with Crippen LogP contribution < -0.4 is 14.8 Å². The minimum absolute atomic E-state index is 0.129. The van der Waals surface area contributed by atoms with Crippen LogP contribution in [0.2, 0.25) is 0 Å². The average Bonchev–Trinajstić information content (AvgIpc) is 2.83.